The third-order valence-corrected chi connectivity index (χ3v) is 5.08. The summed E-state index contributed by atoms with van der Waals surface area (Å²) in [5.74, 6) is -3.07. The SMILES string of the molecule is Cc1ccc([C@@H]2C3(C(=O)NC(=O)NC3=O)[C@]2(C#N)C(N)=C(C#N)C#N)cc1. The smallest absolute Gasteiger partial charge is 0.328 e. The molecule has 0 radical (unpaired) electrons. The van der Waals surface area contributed by atoms with Gasteiger partial charge in [-0.2, -0.15) is 15.8 Å². The number of urea groups is 1. The van der Waals surface area contributed by atoms with Crippen molar-refractivity contribution in [3.63, 3.8) is 0 Å². The molecule has 1 aliphatic carbocycles. The highest BCUT2D eigenvalue weighted by molar-refractivity contribution is 6.24. The van der Waals surface area contributed by atoms with Crippen molar-refractivity contribution in [2.75, 3.05) is 0 Å². The van der Waals surface area contributed by atoms with Gasteiger partial charge in [0.15, 0.2) is 5.41 Å². The van der Waals surface area contributed by atoms with Crippen LogP contribution in [-0.4, -0.2) is 17.8 Å². The number of hydrogen-bond donors (Lipinski definition) is 3. The van der Waals surface area contributed by atoms with E-state index in [1.54, 1.807) is 36.4 Å². The minimum atomic E-state index is -2.06. The summed E-state index contributed by atoms with van der Waals surface area (Å²) >= 11 is 0. The summed E-state index contributed by atoms with van der Waals surface area (Å²) in [5, 5.41) is 32.2. The molecule has 0 aromatic heterocycles. The molecule has 27 heavy (non-hydrogen) atoms. The van der Waals surface area contributed by atoms with Crippen LogP contribution in [0.15, 0.2) is 35.5 Å². The molecule has 9 nitrogen and oxygen atoms in total. The second-order valence-electron chi connectivity index (χ2n) is 6.32. The Morgan fingerprint density at radius 2 is 1.56 bits per heavy atom. The first-order chi connectivity index (χ1) is 12.8. The Balaban J connectivity index is 2.33. The first-order valence-electron chi connectivity index (χ1n) is 7.76. The van der Waals surface area contributed by atoms with Crippen molar-refractivity contribution < 1.29 is 14.4 Å². The third kappa shape index (κ3) is 1.98. The van der Waals surface area contributed by atoms with E-state index in [0.717, 1.165) is 5.56 Å². The molecular weight excluding hydrogens is 348 g/mol. The van der Waals surface area contributed by atoms with Gasteiger partial charge in [-0.3, -0.25) is 20.2 Å². The number of carbonyl (C=O) groups excluding carboxylic acids is 3. The number of allylic oxidation sites excluding steroid dienone is 2. The van der Waals surface area contributed by atoms with Crippen molar-refractivity contribution in [2.24, 2.45) is 16.6 Å². The zero-order valence-corrected chi connectivity index (χ0v) is 14.0. The van der Waals surface area contributed by atoms with Gasteiger partial charge in [-0.1, -0.05) is 29.8 Å². The van der Waals surface area contributed by atoms with Crippen LogP contribution in [0, 0.1) is 51.7 Å². The van der Waals surface area contributed by atoms with Crippen LogP contribution in [0.1, 0.15) is 17.0 Å². The predicted molar refractivity (Wildman–Crippen MR) is 88.5 cm³/mol. The molecule has 2 fully saturated rings. The number of rotatable bonds is 2. The van der Waals surface area contributed by atoms with Crippen molar-refractivity contribution >= 4 is 17.8 Å². The number of nitrogens with two attached hydrogens (primary N) is 1. The quantitative estimate of drug-likeness (QED) is 0.499. The van der Waals surface area contributed by atoms with Crippen LogP contribution in [0.25, 0.3) is 0 Å². The van der Waals surface area contributed by atoms with Gasteiger partial charge in [0.05, 0.1) is 11.8 Å². The van der Waals surface area contributed by atoms with Crippen molar-refractivity contribution in [1.29, 1.82) is 15.8 Å². The maximum atomic E-state index is 12.7. The summed E-state index contributed by atoms with van der Waals surface area (Å²) in [7, 11) is 0. The Hall–Kier alpha value is -4.16. The Kier molecular flexibility index (Phi) is 3.72. The predicted octanol–water partition coefficient (Wildman–Crippen LogP) is 0.215. The largest absolute Gasteiger partial charge is 0.399 e. The summed E-state index contributed by atoms with van der Waals surface area (Å²) in [4.78, 5) is 37.0. The Labute approximate surface area is 153 Å². The zero-order chi connectivity index (χ0) is 20.0. The highest BCUT2D eigenvalue weighted by atomic mass is 16.2. The van der Waals surface area contributed by atoms with E-state index in [1.165, 1.54) is 0 Å². The van der Waals surface area contributed by atoms with Crippen LogP contribution in [-0.2, 0) is 9.59 Å². The average molecular weight is 360 g/mol. The topological polar surface area (TPSA) is 173 Å². The Morgan fingerprint density at radius 1 is 1.04 bits per heavy atom. The molecule has 0 unspecified atom stereocenters. The molecular formula is C18H12N6O3. The minimum Gasteiger partial charge on any atom is -0.399 e. The van der Waals surface area contributed by atoms with E-state index < -0.39 is 45.9 Å². The number of nitrogens with zero attached hydrogens (tertiary/aromatic N) is 3. The highest BCUT2D eigenvalue weighted by Crippen LogP contribution is 2.77. The molecule has 1 spiro atoms. The number of barbiturate groups is 1. The lowest BCUT2D eigenvalue weighted by atomic mass is 9.86. The van der Waals surface area contributed by atoms with Crippen molar-refractivity contribution in [2.45, 2.75) is 12.8 Å². The molecule has 1 saturated heterocycles. The molecule has 1 aromatic carbocycles. The van der Waals surface area contributed by atoms with Gasteiger partial charge >= 0.3 is 6.03 Å². The van der Waals surface area contributed by atoms with Crippen LogP contribution >= 0.6 is 0 Å². The number of amides is 4. The van der Waals surface area contributed by atoms with Gasteiger partial charge in [-0.15, -0.1) is 0 Å². The Morgan fingerprint density at radius 3 is 2.00 bits per heavy atom. The molecule has 0 bridgehead atoms. The first-order valence-corrected chi connectivity index (χ1v) is 7.76. The molecule has 3 rings (SSSR count). The number of nitrogens with one attached hydrogen (secondary N) is 2. The second-order valence-corrected chi connectivity index (χ2v) is 6.32. The molecule has 1 heterocycles. The summed E-state index contributed by atoms with van der Waals surface area (Å²) in [6.45, 7) is 1.83. The van der Waals surface area contributed by atoms with Crippen LogP contribution in [0.2, 0.25) is 0 Å². The fraction of sp³-hybridized carbons (Fsp3) is 0.222. The number of benzene rings is 1. The molecule has 132 valence electrons. The zero-order valence-electron chi connectivity index (χ0n) is 14.0. The van der Waals surface area contributed by atoms with Crippen molar-refractivity contribution in [1.82, 2.24) is 10.6 Å². The fourth-order valence-electron chi connectivity index (χ4n) is 3.82. The normalized spacial score (nSPS) is 24.7. The van der Waals surface area contributed by atoms with Crippen LogP contribution < -0.4 is 16.4 Å². The fourth-order valence-corrected chi connectivity index (χ4v) is 3.82. The molecule has 2 atom stereocenters. The lowest BCUT2D eigenvalue weighted by Gasteiger charge is -2.23. The summed E-state index contributed by atoms with van der Waals surface area (Å²) < 4.78 is 0. The lowest BCUT2D eigenvalue weighted by Crippen LogP contribution is -2.59. The van der Waals surface area contributed by atoms with Gasteiger partial charge in [-0.25, -0.2) is 4.79 Å². The minimum absolute atomic E-state index is 0.444. The molecule has 4 amide bonds. The van der Waals surface area contributed by atoms with E-state index in [1.807, 2.05) is 23.6 Å². The number of nitriles is 3. The van der Waals surface area contributed by atoms with E-state index in [-0.39, 0.29) is 0 Å². The number of carbonyl (C=O) groups is 3. The van der Waals surface area contributed by atoms with Gasteiger partial charge in [0.2, 0.25) is 11.8 Å². The van der Waals surface area contributed by atoms with Crippen LogP contribution in [0.3, 0.4) is 0 Å². The molecule has 1 saturated carbocycles. The van der Waals surface area contributed by atoms with Crippen molar-refractivity contribution in [3.05, 3.63) is 46.7 Å². The molecule has 1 aromatic rings. The molecule has 1 aliphatic heterocycles. The van der Waals surface area contributed by atoms with E-state index in [4.69, 9.17) is 16.3 Å². The van der Waals surface area contributed by atoms with Crippen molar-refractivity contribution in [3.8, 4) is 18.2 Å². The van der Waals surface area contributed by atoms with E-state index in [0.29, 0.717) is 5.56 Å². The maximum absolute atomic E-state index is 12.7. The van der Waals surface area contributed by atoms with E-state index in [2.05, 4.69) is 0 Å². The van der Waals surface area contributed by atoms with E-state index in [9.17, 15) is 19.6 Å². The molecule has 4 N–H and O–H groups in total. The van der Waals surface area contributed by atoms with Crippen LogP contribution in [0.4, 0.5) is 4.79 Å². The monoisotopic (exact) mass is 360 g/mol. The molecule has 2 aliphatic rings. The standard InChI is InChI=1S/C18H12N6O3/c1-9-2-4-10(5-3-9)12-17(8-21,13(22)11(6-19)7-20)18(12)14(25)23-16(27)24-15(18)26/h2-5,12H,22H2,1H3,(H2,23,24,25,26,27)/t12-,17-/m0/s1. The lowest BCUT2D eigenvalue weighted by molar-refractivity contribution is -0.139. The summed E-state index contributed by atoms with van der Waals surface area (Å²) in [5.41, 5.74) is 2.25. The number of aryl methyl sites for hydroxylation is 1. The third-order valence-electron chi connectivity index (χ3n) is 5.08. The van der Waals surface area contributed by atoms with Crippen LogP contribution in [0.5, 0.6) is 0 Å². The Bertz CT molecular complexity index is 1010. The summed E-state index contributed by atoms with van der Waals surface area (Å²) in [6, 6.07) is 10.7. The van der Waals surface area contributed by atoms with E-state index >= 15 is 0 Å². The van der Waals surface area contributed by atoms with Gasteiger partial charge in [-0.05, 0) is 12.5 Å². The van der Waals surface area contributed by atoms with Gasteiger partial charge in [0.1, 0.15) is 23.1 Å². The second kappa shape index (κ2) is 5.69. The maximum Gasteiger partial charge on any atom is 0.328 e. The number of hydrogen-bond acceptors (Lipinski definition) is 7. The molecule has 9 heteroatoms. The highest BCUT2D eigenvalue weighted by Gasteiger charge is 2.88. The van der Waals surface area contributed by atoms with Gasteiger partial charge in [0.25, 0.3) is 0 Å². The van der Waals surface area contributed by atoms with Gasteiger partial charge in [0, 0.05) is 5.92 Å². The average Bonchev–Trinajstić information content (AvgIpc) is 3.27. The summed E-state index contributed by atoms with van der Waals surface area (Å²) in [6.07, 6.45) is 0. The van der Waals surface area contributed by atoms with Gasteiger partial charge < -0.3 is 5.73 Å². The first kappa shape index (κ1) is 17.7. The number of imide groups is 2.